The van der Waals surface area contributed by atoms with Crippen molar-refractivity contribution in [2.24, 2.45) is 4.40 Å². The number of hydrogen-bond acceptors (Lipinski definition) is 4. The van der Waals surface area contributed by atoms with Gasteiger partial charge < -0.3 is 9.80 Å². The van der Waals surface area contributed by atoms with Gasteiger partial charge in [0.25, 0.3) is 15.9 Å². The molecular formula is C19H19N3O3S. The van der Waals surface area contributed by atoms with Crippen LogP contribution in [0, 0.1) is 6.92 Å². The molecule has 0 unspecified atom stereocenters. The maximum absolute atomic E-state index is 12.7. The van der Waals surface area contributed by atoms with Gasteiger partial charge in [-0.05, 0) is 30.7 Å². The summed E-state index contributed by atoms with van der Waals surface area (Å²) in [7, 11) is -3.62. The predicted octanol–water partition coefficient (Wildman–Crippen LogP) is 1.90. The average molecular weight is 369 g/mol. The third kappa shape index (κ3) is 2.78. The van der Waals surface area contributed by atoms with E-state index in [-0.39, 0.29) is 10.8 Å². The van der Waals surface area contributed by atoms with Gasteiger partial charge in [0.1, 0.15) is 4.90 Å². The zero-order valence-corrected chi connectivity index (χ0v) is 15.2. The monoisotopic (exact) mass is 369 g/mol. The van der Waals surface area contributed by atoms with Gasteiger partial charge in [-0.3, -0.25) is 4.79 Å². The normalized spacial score (nSPS) is 18.4. The van der Waals surface area contributed by atoms with E-state index < -0.39 is 10.0 Å². The Balaban J connectivity index is 1.52. The molecule has 6 nitrogen and oxygen atoms in total. The van der Waals surface area contributed by atoms with E-state index in [0.29, 0.717) is 43.1 Å². The molecule has 134 valence electrons. The molecule has 1 fully saturated rings. The van der Waals surface area contributed by atoms with Crippen LogP contribution < -0.4 is 0 Å². The maximum atomic E-state index is 12.7. The fourth-order valence-corrected chi connectivity index (χ4v) is 4.65. The summed E-state index contributed by atoms with van der Waals surface area (Å²) in [6.45, 7) is 4.11. The quantitative estimate of drug-likeness (QED) is 0.770. The Bertz CT molecular complexity index is 1010. The van der Waals surface area contributed by atoms with Crippen LogP contribution in [0.1, 0.15) is 21.5 Å². The van der Waals surface area contributed by atoms with Crippen LogP contribution in [-0.4, -0.2) is 56.1 Å². The first-order chi connectivity index (χ1) is 12.5. The van der Waals surface area contributed by atoms with Crippen molar-refractivity contribution in [3.63, 3.8) is 0 Å². The molecule has 1 amide bonds. The molecule has 1 saturated heterocycles. The molecule has 4 rings (SSSR count). The molecule has 0 spiro atoms. The lowest BCUT2D eigenvalue weighted by Crippen LogP contribution is -2.50. The van der Waals surface area contributed by atoms with Crippen molar-refractivity contribution in [2.75, 3.05) is 26.2 Å². The van der Waals surface area contributed by atoms with E-state index in [1.54, 1.807) is 18.2 Å². The minimum absolute atomic E-state index is 0.0177. The zero-order valence-electron chi connectivity index (χ0n) is 14.4. The molecule has 2 aromatic rings. The third-order valence-electron chi connectivity index (χ3n) is 4.85. The molecule has 0 aromatic heterocycles. The van der Waals surface area contributed by atoms with Gasteiger partial charge in [0.15, 0.2) is 5.84 Å². The summed E-state index contributed by atoms with van der Waals surface area (Å²) in [6, 6.07) is 14.4. The zero-order chi connectivity index (χ0) is 18.3. The second kappa shape index (κ2) is 6.25. The van der Waals surface area contributed by atoms with Crippen molar-refractivity contribution in [3.05, 3.63) is 65.2 Å². The standard InChI is InChI=1S/C19H19N3O3S/c1-14-6-2-3-7-15(14)19(23)22-12-10-21(11-13-22)18-16-8-4-5-9-17(16)26(24,25)20-18/h2-9H,10-13H2,1H3. The van der Waals surface area contributed by atoms with Gasteiger partial charge in [-0.15, -0.1) is 4.40 Å². The fraction of sp³-hybridized carbons (Fsp3) is 0.263. The van der Waals surface area contributed by atoms with E-state index in [2.05, 4.69) is 4.40 Å². The molecule has 0 aliphatic carbocycles. The van der Waals surface area contributed by atoms with Crippen LogP contribution in [-0.2, 0) is 10.0 Å². The highest BCUT2D eigenvalue weighted by Crippen LogP contribution is 2.28. The SMILES string of the molecule is Cc1ccccc1C(=O)N1CCN(C2=NS(=O)(=O)c3ccccc32)CC1. The number of carbonyl (C=O) groups excluding carboxylic acids is 1. The van der Waals surface area contributed by atoms with Crippen LogP contribution in [0.2, 0.25) is 0 Å². The Labute approximate surface area is 152 Å². The van der Waals surface area contributed by atoms with Gasteiger partial charge in [-0.1, -0.05) is 30.3 Å². The van der Waals surface area contributed by atoms with Crippen molar-refractivity contribution < 1.29 is 13.2 Å². The predicted molar refractivity (Wildman–Crippen MR) is 98.8 cm³/mol. The number of carbonyl (C=O) groups is 1. The van der Waals surface area contributed by atoms with Crippen molar-refractivity contribution >= 4 is 21.8 Å². The van der Waals surface area contributed by atoms with Gasteiger partial charge in [0, 0.05) is 37.3 Å². The van der Waals surface area contributed by atoms with Gasteiger partial charge in [0.2, 0.25) is 0 Å². The van der Waals surface area contributed by atoms with Crippen molar-refractivity contribution in [1.29, 1.82) is 0 Å². The Morgan fingerprint density at radius 3 is 2.35 bits per heavy atom. The number of piperazine rings is 1. The number of amides is 1. The average Bonchev–Trinajstić information content (AvgIpc) is 2.93. The molecule has 26 heavy (non-hydrogen) atoms. The maximum Gasteiger partial charge on any atom is 0.285 e. The van der Waals surface area contributed by atoms with E-state index >= 15 is 0 Å². The Kier molecular flexibility index (Phi) is 4.03. The smallest absolute Gasteiger partial charge is 0.285 e. The molecule has 2 heterocycles. The lowest BCUT2D eigenvalue weighted by Gasteiger charge is -2.36. The van der Waals surface area contributed by atoms with E-state index in [1.165, 1.54) is 0 Å². The number of aryl methyl sites for hydroxylation is 1. The minimum Gasteiger partial charge on any atom is -0.352 e. The molecule has 7 heteroatoms. The summed E-state index contributed by atoms with van der Waals surface area (Å²) in [5.41, 5.74) is 2.32. The minimum atomic E-state index is -3.62. The van der Waals surface area contributed by atoms with E-state index in [4.69, 9.17) is 0 Å². The molecule has 0 N–H and O–H groups in total. The molecule has 0 atom stereocenters. The van der Waals surface area contributed by atoms with Crippen LogP contribution in [0.3, 0.4) is 0 Å². The lowest BCUT2D eigenvalue weighted by atomic mass is 10.1. The van der Waals surface area contributed by atoms with E-state index in [0.717, 1.165) is 5.56 Å². The van der Waals surface area contributed by atoms with Gasteiger partial charge in [-0.25, -0.2) is 0 Å². The first-order valence-electron chi connectivity index (χ1n) is 8.51. The first-order valence-corrected chi connectivity index (χ1v) is 9.95. The van der Waals surface area contributed by atoms with Crippen LogP contribution >= 0.6 is 0 Å². The summed E-state index contributed by atoms with van der Waals surface area (Å²) in [5, 5.41) is 0. The molecule has 2 aliphatic rings. The fourth-order valence-electron chi connectivity index (χ4n) is 3.42. The van der Waals surface area contributed by atoms with Crippen molar-refractivity contribution in [3.8, 4) is 0 Å². The molecular weight excluding hydrogens is 350 g/mol. The number of nitrogens with zero attached hydrogens (tertiary/aromatic N) is 3. The molecule has 0 saturated carbocycles. The highest BCUT2D eigenvalue weighted by atomic mass is 32.2. The largest absolute Gasteiger partial charge is 0.352 e. The van der Waals surface area contributed by atoms with Gasteiger partial charge in [-0.2, -0.15) is 8.42 Å². The van der Waals surface area contributed by atoms with E-state index in [1.807, 2.05) is 47.1 Å². The summed E-state index contributed by atoms with van der Waals surface area (Å²) >= 11 is 0. The molecule has 0 radical (unpaired) electrons. The van der Waals surface area contributed by atoms with Crippen LogP contribution in [0.15, 0.2) is 57.8 Å². The number of hydrogen-bond donors (Lipinski definition) is 0. The van der Waals surface area contributed by atoms with Gasteiger partial charge >= 0.3 is 0 Å². The second-order valence-corrected chi connectivity index (χ2v) is 8.05. The Morgan fingerprint density at radius 2 is 1.62 bits per heavy atom. The number of sulfonamides is 1. The summed E-state index contributed by atoms with van der Waals surface area (Å²) < 4.78 is 28.4. The van der Waals surface area contributed by atoms with Gasteiger partial charge in [0.05, 0.1) is 0 Å². The lowest BCUT2D eigenvalue weighted by molar-refractivity contribution is 0.0691. The van der Waals surface area contributed by atoms with Crippen LogP contribution in [0.4, 0.5) is 0 Å². The first kappa shape index (κ1) is 16.8. The molecule has 0 bridgehead atoms. The third-order valence-corrected chi connectivity index (χ3v) is 6.18. The Morgan fingerprint density at radius 1 is 0.962 bits per heavy atom. The topological polar surface area (TPSA) is 70.1 Å². The van der Waals surface area contributed by atoms with Crippen LogP contribution in [0.5, 0.6) is 0 Å². The van der Waals surface area contributed by atoms with E-state index in [9.17, 15) is 13.2 Å². The number of rotatable bonds is 1. The Hall–Kier alpha value is -2.67. The molecule has 2 aromatic carbocycles. The van der Waals surface area contributed by atoms with Crippen molar-refractivity contribution in [2.45, 2.75) is 11.8 Å². The van der Waals surface area contributed by atoms with Crippen molar-refractivity contribution in [1.82, 2.24) is 9.80 Å². The molecule has 2 aliphatic heterocycles. The number of fused-ring (bicyclic) bond motifs is 1. The number of amidine groups is 1. The number of benzene rings is 2. The summed E-state index contributed by atoms with van der Waals surface area (Å²) in [4.78, 5) is 16.8. The second-order valence-electron chi connectivity index (χ2n) is 6.48. The van der Waals surface area contributed by atoms with Crippen LogP contribution in [0.25, 0.3) is 0 Å². The highest BCUT2D eigenvalue weighted by molar-refractivity contribution is 7.90. The highest BCUT2D eigenvalue weighted by Gasteiger charge is 2.33. The summed E-state index contributed by atoms with van der Waals surface area (Å²) in [5.74, 6) is 0.507. The summed E-state index contributed by atoms with van der Waals surface area (Å²) in [6.07, 6.45) is 0.